The average Bonchev–Trinajstić information content (AvgIpc) is 3.67. The van der Waals surface area contributed by atoms with Gasteiger partial charge in [0.2, 0.25) is 10.9 Å². The molecule has 0 aliphatic carbocycles. The van der Waals surface area contributed by atoms with Crippen LogP contribution in [0, 0.1) is 12.3 Å². The van der Waals surface area contributed by atoms with Gasteiger partial charge in [-0.3, -0.25) is 4.57 Å². The third-order valence-corrected chi connectivity index (χ3v) is 7.14. The molecular weight excluding hydrogens is 657 g/mol. The molecular formula is C28H28ClF3N6O7S. The molecule has 18 heteroatoms. The van der Waals surface area contributed by atoms with E-state index in [1.54, 1.807) is 0 Å². The molecule has 0 saturated carbocycles. The lowest BCUT2D eigenvalue weighted by atomic mass is 9.91. The van der Waals surface area contributed by atoms with E-state index in [0.717, 1.165) is 23.5 Å². The predicted molar refractivity (Wildman–Crippen MR) is 159 cm³/mol. The van der Waals surface area contributed by atoms with Crippen molar-refractivity contribution in [3.63, 3.8) is 0 Å². The number of imidazole rings is 1. The Morgan fingerprint density at radius 1 is 1.22 bits per heavy atom. The van der Waals surface area contributed by atoms with E-state index in [4.69, 9.17) is 27.5 Å². The van der Waals surface area contributed by atoms with Crippen molar-refractivity contribution >= 4 is 45.9 Å². The topological polar surface area (TPSA) is 174 Å². The Morgan fingerprint density at radius 2 is 1.93 bits per heavy atom. The van der Waals surface area contributed by atoms with E-state index in [-0.39, 0.29) is 40.2 Å². The number of fused-ring (bicyclic) bond motifs is 1. The number of anilines is 1. The zero-order valence-electron chi connectivity index (χ0n) is 24.2. The number of terminal acetylenes is 1. The molecule has 246 valence electrons. The Bertz CT molecular complexity index is 1670. The highest BCUT2D eigenvalue weighted by atomic mass is 35.5. The number of hydrogen-bond donors (Lipinski definition) is 4. The number of aliphatic hydroxyl groups excluding tert-OH is 2. The number of halogens is 4. The maximum Gasteiger partial charge on any atom is 0.573 e. The molecule has 46 heavy (non-hydrogen) atoms. The van der Waals surface area contributed by atoms with Crippen molar-refractivity contribution in [3.8, 4) is 18.1 Å². The quantitative estimate of drug-likeness (QED) is 0.106. The number of rotatable bonds is 15. The normalized spacial score (nSPS) is 15.2. The Labute approximate surface area is 269 Å². The summed E-state index contributed by atoms with van der Waals surface area (Å²) in [6.45, 7) is 2.47. The largest absolute Gasteiger partial charge is 0.573 e. The maximum absolute atomic E-state index is 12.8. The standard InChI is InChI=1S/C28H28ClF3N6O7S/c1-4-19(40)24(38-13-33-21-22(35-15(2)3)36-26(29)37-23(21)38)44-18(10-39)11-43-27(25(41)42,20-12-46-14-34-20)9-16-5-7-17(8-6-16)45-28(30,31)32/h1,5-8,12-15,18-19,24,39-40H,9-11H2,2-3H3,(H,41,42)(H,35,36,37)/t18-,19+,24+,27?/m0/s1. The van der Waals surface area contributed by atoms with Crippen molar-refractivity contribution in [1.29, 1.82) is 0 Å². The Kier molecular flexibility index (Phi) is 11.0. The minimum atomic E-state index is -4.91. The van der Waals surface area contributed by atoms with Crippen LogP contribution in [0.15, 0.2) is 41.5 Å². The minimum absolute atomic E-state index is 0.00496. The molecule has 0 bridgehead atoms. The van der Waals surface area contributed by atoms with Crippen LogP contribution in [0.3, 0.4) is 0 Å². The summed E-state index contributed by atoms with van der Waals surface area (Å²) in [5, 5.41) is 35.7. The average molecular weight is 685 g/mol. The summed E-state index contributed by atoms with van der Waals surface area (Å²) in [6.07, 6.45) is -2.79. The fraction of sp³-hybridized carbons (Fsp3) is 0.393. The number of carbonyl (C=O) groups is 1. The molecule has 0 aliphatic heterocycles. The highest BCUT2D eigenvalue weighted by Crippen LogP contribution is 2.33. The van der Waals surface area contributed by atoms with Crippen molar-refractivity contribution in [2.75, 3.05) is 18.5 Å². The number of alkyl halides is 3. The second kappa shape index (κ2) is 14.6. The van der Waals surface area contributed by atoms with Crippen LogP contribution in [0.5, 0.6) is 5.75 Å². The van der Waals surface area contributed by atoms with Gasteiger partial charge in [0.05, 0.1) is 30.7 Å². The second-order valence-corrected chi connectivity index (χ2v) is 11.1. The van der Waals surface area contributed by atoms with Crippen LogP contribution in [0.2, 0.25) is 5.28 Å². The first-order chi connectivity index (χ1) is 21.8. The number of aliphatic hydroxyl groups is 2. The number of ether oxygens (including phenoxy) is 3. The van der Waals surface area contributed by atoms with Crippen LogP contribution in [0.25, 0.3) is 11.2 Å². The number of hydrogen-bond acceptors (Lipinski definition) is 12. The second-order valence-electron chi connectivity index (χ2n) is 10.1. The summed E-state index contributed by atoms with van der Waals surface area (Å²) in [7, 11) is 0. The van der Waals surface area contributed by atoms with Gasteiger partial charge in [0, 0.05) is 17.8 Å². The summed E-state index contributed by atoms with van der Waals surface area (Å²) in [6, 6.07) is 4.54. The van der Waals surface area contributed by atoms with Gasteiger partial charge in [0.1, 0.15) is 11.9 Å². The van der Waals surface area contributed by atoms with Crippen LogP contribution in [-0.2, 0) is 26.3 Å². The summed E-state index contributed by atoms with van der Waals surface area (Å²) >= 11 is 7.24. The van der Waals surface area contributed by atoms with E-state index in [0.29, 0.717) is 5.82 Å². The summed E-state index contributed by atoms with van der Waals surface area (Å²) in [4.78, 5) is 29.5. The lowest BCUT2D eigenvalue weighted by Gasteiger charge is -2.32. The molecule has 3 aromatic heterocycles. The molecule has 4 atom stereocenters. The van der Waals surface area contributed by atoms with Gasteiger partial charge in [-0.1, -0.05) is 18.1 Å². The molecule has 0 radical (unpaired) electrons. The Balaban J connectivity index is 1.63. The van der Waals surface area contributed by atoms with Crippen LogP contribution in [-0.4, -0.2) is 83.6 Å². The van der Waals surface area contributed by atoms with E-state index >= 15 is 0 Å². The van der Waals surface area contributed by atoms with Gasteiger partial charge in [-0.05, 0) is 43.1 Å². The van der Waals surface area contributed by atoms with Gasteiger partial charge in [0.15, 0.2) is 29.3 Å². The molecule has 1 unspecified atom stereocenters. The van der Waals surface area contributed by atoms with Gasteiger partial charge in [-0.25, -0.2) is 14.8 Å². The zero-order valence-corrected chi connectivity index (χ0v) is 25.8. The molecule has 0 fully saturated rings. The fourth-order valence-corrected chi connectivity index (χ4v) is 5.14. The van der Waals surface area contributed by atoms with Crippen LogP contribution >= 0.6 is 22.9 Å². The Morgan fingerprint density at radius 3 is 2.50 bits per heavy atom. The van der Waals surface area contributed by atoms with Gasteiger partial charge in [-0.15, -0.1) is 30.9 Å². The summed E-state index contributed by atoms with van der Waals surface area (Å²) in [5.41, 5.74) is -0.0826. The molecule has 4 N–H and O–H groups in total. The van der Waals surface area contributed by atoms with Crippen LogP contribution in [0.1, 0.15) is 31.3 Å². The third-order valence-electron chi connectivity index (χ3n) is 6.39. The minimum Gasteiger partial charge on any atom is -0.479 e. The van der Waals surface area contributed by atoms with E-state index in [2.05, 4.69) is 35.9 Å². The number of aromatic nitrogens is 5. The van der Waals surface area contributed by atoms with Crippen molar-refractivity contribution in [2.45, 2.75) is 56.7 Å². The predicted octanol–water partition coefficient (Wildman–Crippen LogP) is 3.76. The lowest BCUT2D eigenvalue weighted by molar-refractivity contribution is -0.274. The molecule has 0 spiro atoms. The van der Waals surface area contributed by atoms with Crippen LogP contribution in [0.4, 0.5) is 19.0 Å². The SMILES string of the molecule is C#C[C@@H](O)[C@@H](O[C@@H](CO)COC(Cc1ccc(OC(F)(F)F)cc1)(C(=O)O)c1cscn1)n1cnc2c(NC(C)C)nc(Cl)nc21. The van der Waals surface area contributed by atoms with Gasteiger partial charge in [0.25, 0.3) is 0 Å². The van der Waals surface area contributed by atoms with Gasteiger partial charge in [-0.2, -0.15) is 9.97 Å². The number of nitrogens with zero attached hydrogens (tertiary/aromatic N) is 5. The van der Waals surface area contributed by atoms with Gasteiger partial charge >= 0.3 is 12.3 Å². The maximum atomic E-state index is 12.8. The molecule has 3 heterocycles. The monoisotopic (exact) mass is 684 g/mol. The van der Waals surface area contributed by atoms with Crippen molar-refractivity contribution in [3.05, 3.63) is 58.0 Å². The Hall–Kier alpha value is -4.05. The highest BCUT2D eigenvalue weighted by molar-refractivity contribution is 7.07. The van der Waals surface area contributed by atoms with E-state index in [9.17, 15) is 33.3 Å². The van der Waals surface area contributed by atoms with Crippen molar-refractivity contribution in [2.24, 2.45) is 0 Å². The van der Waals surface area contributed by atoms with Crippen LogP contribution < -0.4 is 10.1 Å². The number of aliphatic carboxylic acids is 1. The van der Waals surface area contributed by atoms with Crippen molar-refractivity contribution in [1.82, 2.24) is 24.5 Å². The number of thiazole rings is 1. The van der Waals surface area contributed by atoms with Crippen molar-refractivity contribution < 1.29 is 47.5 Å². The molecule has 0 aliphatic rings. The lowest BCUT2D eigenvalue weighted by Crippen LogP contribution is -2.44. The van der Waals surface area contributed by atoms with E-state index in [1.165, 1.54) is 33.9 Å². The molecule has 13 nitrogen and oxygen atoms in total. The number of nitrogens with one attached hydrogen (secondary N) is 1. The van der Waals surface area contributed by atoms with E-state index in [1.807, 2.05) is 13.8 Å². The van der Waals surface area contributed by atoms with E-state index < -0.39 is 55.3 Å². The molecule has 0 amide bonds. The third kappa shape index (κ3) is 8.20. The first-order valence-electron chi connectivity index (χ1n) is 13.4. The summed E-state index contributed by atoms with van der Waals surface area (Å²) in [5.74, 6) is 0.504. The first-order valence-corrected chi connectivity index (χ1v) is 14.8. The highest BCUT2D eigenvalue weighted by Gasteiger charge is 2.45. The fourth-order valence-electron chi connectivity index (χ4n) is 4.36. The number of carboxylic acids is 1. The molecule has 1 aromatic carbocycles. The number of carboxylic acid groups (broad SMARTS) is 1. The summed E-state index contributed by atoms with van der Waals surface area (Å²) < 4.78 is 54.9. The molecule has 4 aromatic rings. The zero-order chi connectivity index (χ0) is 33.6. The number of benzene rings is 1. The molecule has 0 saturated heterocycles. The van der Waals surface area contributed by atoms with Gasteiger partial charge < -0.3 is 34.8 Å². The molecule has 4 rings (SSSR count). The first kappa shape index (κ1) is 34.8. The smallest absolute Gasteiger partial charge is 0.479 e.